The molecule has 1 rings (SSSR count). The monoisotopic (exact) mass is 255 g/mol. The number of anilines is 1. The lowest BCUT2D eigenvalue weighted by molar-refractivity contribution is 0.526. The molecule has 0 bridgehead atoms. The van der Waals surface area contributed by atoms with Gasteiger partial charge in [-0.05, 0) is 25.7 Å². The zero-order valence-corrected chi connectivity index (χ0v) is 12.7. The van der Waals surface area contributed by atoms with Gasteiger partial charge in [-0.2, -0.15) is 4.37 Å². The molecule has 0 saturated heterocycles. The van der Waals surface area contributed by atoms with E-state index in [0.717, 1.165) is 16.9 Å². The molecule has 0 aliphatic heterocycles. The van der Waals surface area contributed by atoms with Gasteiger partial charge in [-0.25, -0.2) is 4.98 Å². The molecule has 1 aromatic heterocycles. The third kappa shape index (κ3) is 5.02. The molecule has 1 heterocycles. The zero-order valence-electron chi connectivity index (χ0n) is 11.9. The molecule has 1 aromatic rings. The Morgan fingerprint density at radius 1 is 1.18 bits per heavy atom. The van der Waals surface area contributed by atoms with Crippen molar-refractivity contribution in [3.8, 4) is 0 Å². The molecule has 0 aliphatic rings. The van der Waals surface area contributed by atoms with Crippen molar-refractivity contribution in [1.82, 2.24) is 9.36 Å². The summed E-state index contributed by atoms with van der Waals surface area (Å²) in [6.07, 6.45) is 2.43. The summed E-state index contributed by atoms with van der Waals surface area (Å²) in [5, 5.41) is 4.38. The normalized spacial score (nSPS) is 14.1. The van der Waals surface area contributed by atoms with Crippen molar-refractivity contribution in [2.75, 3.05) is 5.32 Å². The minimum Gasteiger partial charge on any atom is -0.358 e. The van der Waals surface area contributed by atoms with Gasteiger partial charge >= 0.3 is 0 Å². The lowest BCUT2D eigenvalue weighted by atomic mass is 9.96. The van der Waals surface area contributed by atoms with Gasteiger partial charge in [-0.1, -0.05) is 34.6 Å². The number of nitrogens with zero attached hydrogens (tertiary/aromatic N) is 2. The van der Waals surface area contributed by atoms with Gasteiger partial charge < -0.3 is 5.32 Å². The predicted molar refractivity (Wildman–Crippen MR) is 75.8 cm³/mol. The van der Waals surface area contributed by atoms with E-state index in [1.165, 1.54) is 24.4 Å². The maximum Gasteiger partial charge on any atom is 0.202 e. The summed E-state index contributed by atoms with van der Waals surface area (Å²) < 4.78 is 4.40. The maximum atomic E-state index is 4.54. The molecule has 98 valence electrons. The van der Waals surface area contributed by atoms with Crippen molar-refractivity contribution in [3.63, 3.8) is 0 Å². The smallest absolute Gasteiger partial charge is 0.202 e. The van der Waals surface area contributed by atoms with Gasteiger partial charge in [-0.15, -0.1) is 0 Å². The van der Waals surface area contributed by atoms with E-state index in [0.29, 0.717) is 6.04 Å². The Kier molecular flexibility index (Phi) is 4.92. The number of hydrogen-bond donors (Lipinski definition) is 1. The van der Waals surface area contributed by atoms with Crippen LogP contribution in [-0.4, -0.2) is 15.4 Å². The van der Waals surface area contributed by atoms with Gasteiger partial charge in [0.05, 0.1) is 0 Å². The van der Waals surface area contributed by atoms with Crippen LogP contribution in [0, 0.1) is 5.92 Å². The van der Waals surface area contributed by atoms with Crippen molar-refractivity contribution in [1.29, 1.82) is 0 Å². The van der Waals surface area contributed by atoms with Crippen LogP contribution in [0.2, 0.25) is 0 Å². The van der Waals surface area contributed by atoms with Crippen LogP contribution >= 0.6 is 11.5 Å². The van der Waals surface area contributed by atoms with Gasteiger partial charge in [0, 0.05) is 23.0 Å². The molecule has 0 spiro atoms. The van der Waals surface area contributed by atoms with E-state index in [1.54, 1.807) is 0 Å². The second kappa shape index (κ2) is 5.80. The van der Waals surface area contributed by atoms with Gasteiger partial charge in [0.15, 0.2) is 0 Å². The summed E-state index contributed by atoms with van der Waals surface area (Å²) in [7, 11) is 0. The number of aromatic nitrogens is 2. The Hall–Kier alpha value is -0.640. The Morgan fingerprint density at radius 2 is 1.82 bits per heavy atom. The number of nitrogens with one attached hydrogen (secondary N) is 1. The fourth-order valence-electron chi connectivity index (χ4n) is 1.45. The molecule has 0 fully saturated rings. The first-order chi connectivity index (χ1) is 7.79. The first kappa shape index (κ1) is 14.4. The SMILES string of the molecule is CC(C)CCC(C)Nc1nc(C(C)(C)C)ns1. The number of rotatable bonds is 5. The summed E-state index contributed by atoms with van der Waals surface area (Å²) in [5.74, 6) is 1.69. The summed E-state index contributed by atoms with van der Waals surface area (Å²) >= 11 is 1.47. The third-order valence-corrected chi connectivity index (χ3v) is 3.29. The van der Waals surface area contributed by atoms with Crippen LogP contribution in [0.5, 0.6) is 0 Å². The second-order valence-corrected chi connectivity index (χ2v) is 6.94. The topological polar surface area (TPSA) is 37.8 Å². The van der Waals surface area contributed by atoms with Crippen LogP contribution in [0.25, 0.3) is 0 Å². The average Bonchev–Trinajstić information content (AvgIpc) is 2.62. The predicted octanol–water partition coefficient (Wildman–Crippen LogP) is 4.07. The first-order valence-electron chi connectivity index (χ1n) is 6.39. The third-order valence-electron chi connectivity index (χ3n) is 2.64. The molecule has 1 atom stereocenters. The maximum absolute atomic E-state index is 4.54. The van der Waals surface area contributed by atoms with Crippen LogP contribution < -0.4 is 5.32 Å². The van der Waals surface area contributed by atoms with E-state index in [2.05, 4.69) is 56.2 Å². The van der Waals surface area contributed by atoms with Gasteiger partial charge in [0.2, 0.25) is 5.13 Å². The quantitative estimate of drug-likeness (QED) is 0.861. The molecule has 4 heteroatoms. The molecular formula is C13H25N3S. The van der Waals surface area contributed by atoms with E-state index in [-0.39, 0.29) is 5.41 Å². The molecule has 0 amide bonds. The standard InChI is InChI=1S/C13H25N3S/c1-9(2)7-8-10(3)14-12-15-11(16-17-12)13(4,5)6/h9-10H,7-8H2,1-6H3,(H,14,15,16). The lowest BCUT2D eigenvalue weighted by Crippen LogP contribution is -2.17. The zero-order chi connectivity index (χ0) is 13.1. The van der Waals surface area contributed by atoms with Crippen molar-refractivity contribution in [3.05, 3.63) is 5.82 Å². The van der Waals surface area contributed by atoms with Gasteiger partial charge in [0.1, 0.15) is 5.82 Å². The summed E-state index contributed by atoms with van der Waals surface area (Å²) in [6, 6.07) is 0.471. The van der Waals surface area contributed by atoms with Crippen molar-refractivity contribution in [2.24, 2.45) is 5.92 Å². The van der Waals surface area contributed by atoms with Gasteiger partial charge in [0.25, 0.3) is 0 Å². The molecule has 0 saturated carbocycles. The largest absolute Gasteiger partial charge is 0.358 e. The van der Waals surface area contributed by atoms with E-state index < -0.39 is 0 Å². The minimum atomic E-state index is 0.0393. The highest BCUT2D eigenvalue weighted by molar-refractivity contribution is 7.09. The van der Waals surface area contributed by atoms with Crippen LogP contribution in [0.3, 0.4) is 0 Å². The van der Waals surface area contributed by atoms with Crippen molar-refractivity contribution >= 4 is 16.7 Å². The summed E-state index contributed by atoms with van der Waals surface area (Å²) in [4.78, 5) is 4.54. The highest BCUT2D eigenvalue weighted by Gasteiger charge is 2.19. The first-order valence-corrected chi connectivity index (χ1v) is 7.17. The molecule has 1 N–H and O–H groups in total. The van der Waals surface area contributed by atoms with E-state index in [1.807, 2.05) is 0 Å². The Balaban J connectivity index is 2.49. The second-order valence-electron chi connectivity index (χ2n) is 6.19. The molecule has 0 radical (unpaired) electrons. The molecular weight excluding hydrogens is 230 g/mol. The van der Waals surface area contributed by atoms with E-state index in [9.17, 15) is 0 Å². The highest BCUT2D eigenvalue weighted by Crippen LogP contribution is 2.23. The molecule has 17 heavy (non-hydrogen) atoms. The lowest BCUT2D eigenvalue weighted by Gasteiger charge is -2.14. The fraction of sp³-hybridized carbons (Fsp3) is 0.846. The van der Waals surface area contributed by atoms with Crippen molar-refractivity contribution < 1.29 is 0 Å². The minimum absolute atomic E-state index is 0.0393. The molecule has 3 nitrogen and oxygen atoms in total. The number of hydrogen-bond acceptors (Lipinski definition) is 4. The van der Waals surface area contributed by atoms with Crippen LogP contribution in [0.4, 0.5) is 5.13 Å². The van der Waals surface area contributed by atoms with E-state index in [4.69, 9.17) is 0 Å². The molecule has 0 aromatic carbocycles. The summed E-state index contributed by atoms with van der Waals surface area (Å²) in [5.41, 5.74) is 0.0393. The summed E-state index contributed by atoms with van der Waals surface area (Å²) in [6.45, 7) is 13.1. The highest BCUT2D eigenvalue weighted by atomic mass is 32.1. The molecule has 1 unspecified atom stereocenters. The average molecular weight is 255 g/mol. The Bertz CT molecular complexity index is 339. The van der Waals surface area contributed by atoms with Gasteiger partial charge in [-0.3, -0.25) is 0 Å². The Labute approximate surface area is 109 Å². The van der Waals surface area contributed by atoms with Crippen LogP contribution in [0.15, 0.2) is 0 Å². The van der Waals surface area contributed by atoms with E-state index >= 15 is 0 Å². The Morgan fingerprint density at radius 3 is 2.29 bits per heavy atom. The van der Waals surface area contributed by atoms with Crippen LogP contribution in [0.1, 0.15) is 60.2 Å². The van der Waals surface area contributed by atoms with Crippen molar-refractivity contribution in [2.45, 2.75) is 65.8 Å². The molecule has 0 aliphatic carbocycles. The van der Waals surface area contributed by atoms with Crippen LogP contribution in [-0.2, 0) is 5.41 Å². The fourth-order valence-corrected chi connectivity index (χ4v) is 2.32.